The summed E-state index contributed by atoms with van der Waals surface area (Å²) in [6, 6.07) is 5.56. The van der Waals surface area contributed by atoms with Crippen LogP contribution in [0.15, 0.2) is 22.7 Å². The fourth-order valence-electron chi connectivity index (χ4n) is 1.71. The van der Waals surface area contributed by atoms with Crippen molar-refractivity contribution in [1.82, 2.24) is 0 Å². The van der Waals surface area contributed by atoms with Crippen molar-refractivity contribution in [1.29, 1.82) is 0 Å². The van der Waals surface area contributed by atoms with Crippen LogP contribution < -0.4 is 5.73 Å². The molecule has 13 heavy (non-hydrogen) atoms. The lowest BCUT2D eigenvalue weighted by Gasteiger charge is -2.03. The van der Waals surface area contributed by atoms with E-state index in [4.69, 9.17) is 5.73 Å². The number of phenolic OH excluding ortho intramolecular Hbond substituents is 1. The summed E-state index contributed by atoms with van der Waals surface area (Å²) in [6.45, 7) is 0.719. The zero-order chi connectivity index (χ0) is 9.42. The third-order valence-electron chi connectivity index (χ3n) is 2.61. The topological polar surface area (TPSA) is 46.2 Å². The molecular formula is C10H12BrNO. The van der Waals surface area contributed by atoms with Gasteiger partial charge < -0.3 is 10.8 Å². The molecule has 0 heterocycles. The molecule has 0 saturated heterocycles. The van der Waals surface area contributed by atoms with E-state index in [9.17, 15) is 5.11 Å². The third kappa shape index (κ3) is 1.71. The molecule has 1 aliphatic rings. The van der Waals surface area contributed by atoms with Crippen molar-refractivity contribution in [2.24, 2.45) is 11.7 Å². The molecule has 0 radical (unpaired) electrons. The molecule has 0 amide bonds. The standard InChI is InChI=1S/C10H12BrNO/c11-7-1-2-10(13)9(4-7)8-3-6(8)5-12/h1-2,4,6,8,13H,3,5,12H2. The Labute approximate surface area is 85.9 Å². The summed E-state index contributed by atoms with van der Waals surface area (Å²) in [5, 5.41) is 9.60. The minimum atomic E-state index is 0.393. The van der Waals surface area contributed by atoms with E-state index >= 15 is 0 Å². The molecule has 70 valence electrons. The largest absolute Gasteiger partial charge is 0.508 e. The predicted molar refractivity (Wildman–Crippen MR) is 55.7 cm³/mol. The van der Waals surface area contributed by atoms with Gasteiger partial charge in [-0.3, -0.25) is 0 Å². The van der Waals surface area contributed by atoms with E-state index < -0.39 is 0 Å². The lowest BCUT2D eigenvalue weighted by molar-refractivity contribution is 0.467. The number of nitrogens with two attached hydrogens (primary N) is 1. The first-order valence-electron chi connectivity index (χ1n) is 4.41. The highest BCUT2D eigenvalue weighted by Crippen LogP contribution is 2.49. The van der Waals surface area contributed by atoms with Crippen molar-refractivity contribution in [2.45, 2.75) is 12.3 Å². The summed E-state index contributed by atoms with van der Waals surface area (Å²) in [6.07, 6.45) is 1.11. The van der Waals surface area contributed by atoms with Gasteiger partial charge in [0.1, 0.15) is 5.75 Å². The third-order valence-corrected chi connectivity index (χ3v) is 3.11. The van der Waals surface area contributed by atoms with Gasteiger partial charge in [0, 0.05) is 4.47 Å². The summed E-state index contributed by atoms with van der Waals surface area (Å²) in [4.78, 5) is 0. The first-order valence-corrected chi connectivity index (χ1v) is 5.20. The monoisotopic (exact) mass is 241 g/mol. The van der Waals surface area contributed by atoms with E-state index in [1.165, 1.54) is 0 Å². The molecule has 2 atom stereocenters. The Morgan fingerprint density at radius 2 is 2.31 bits per heavy atom. The van der Waals surface area contributed by atoms with Gasteiger partial charge in [0.25, 0.3) is 0 Å². The summed E-state index contributed by atoms with van der Waals surface area (Å²) in [7, 11) is 0. The summed E-state index contributed by atoms with van der Waals surface area (Å²) in [5.41, 5.74) is 6.59. The number of phenols is 1. The van der Waals surface area contributed by atoms with Crippen molar-refractivity contribution >= 4 is 15.9 Å². The van der Waals surface area contributed by atoms with Crippen LogP contribution in [0.5, 0.6) is 5.75 Å². The molecule has 1 aromatic carbocycles. The van der Waals surface area contributed by atoms with Crippen LogP contribution in [0.2, 0.25) is 0 Å². The van der Waals surface area contributed by atoms with Gasteiger partial charge >= 0.3 is 0 Å². The minimum absolute atomic E-state index is 0.393. The van der Waals surface area contributed by atoms with E-state index in [2.05, 4.69) is 15.9 Å². The number of aromatic hydroxyl groups is 1. The van der Waals surface area contributed by atoms with Gasteiger partial charge in [-0.15, -0.1) is 0 Å². The van der Waals surface area contributed by atoms with Gasteiger partial charge in [-0.1, -0.05) is 15.9 Å². The first kappa shape index (κ1) is 9.03. The number of hydrogen-bond acceptors (Lipinski definition) is 2. The fraction of sp³-hybridized carbons (Fsp3) is 0.400. The molecule has 3 N–H and O–H groups in total. The number of hydrogen-bond donors (Lipinski definition) is 2. The molecule has 0 spiro atoms. The van der Waals surface area contributed by atoms with Gasteiger partial charge in [0.05, 0.1) is 0 Å². The Balaban J connectivity index is 2.25. The molecule has 1 aliphatic carbocycles. The SMILES string of the molecule is NCC1CC1c1cc(Br)ccc1O. The number of halogens is 1. The maximum atomic E-state index is 9.60. The summed E-state index contributed by atoms with van der Waals surface area (Å²) < 4.78 is 1.02. The van der Waals surface area contributed by atoms with Crippen LogP contribution in [0, 0.1) is 5.92 Å². The Morgan fingerprint density at radius 3 is 2.92 bits per heavy atom. The molecule has 2 rings (SSSR count). The molecule has 3 heteroatoms. The van der Waals surface area contributed by atoms with Crippen LogP contribution in [0.4, 0.5) is 0 Å². The summed E-state index contributed by atoms with van der Waals surface area (Å²) in [5.74, 6) is 1.44. The van der Waals surface area contributed by atoms with Crippen molar-refractivity contribution in [3.8, 4) is 5.75 Å². The zero-order valence-corrected chi connectivity index (χ0v) is 8.79. The van der Waals surface area contributed by atoms with E-state index in [1.54, 1.807) is 6.07 Å². The number of benzene rings is 1. The quantitative estimate of drug-likeness (QED) is 0.835. The average Bonchev–Trinajstić information content (AvgIpc) is 2.88. The van der Waals surface area contributed by atoms with E-state index in [-0.39, 0.29) is 0 Å². The predicted octanol–water partition coefficient (Wildman–Crippen LogP) is 2.22. The Kier molecular flexibility index (Phi) is 2.30. The number of rotatable bonds is 2. The van der Waals surface area contributed by atoms with Gasteiger partial charge in [-0.2, -0.15) is 0 Å². The maximum Gasteiger partial charge on any atom is 0.119 e. The smallest absolute Gasteiger partial charge is 0.119 e. The minimum Gasteiger partial charge on any atom is -0.508 e. The summed E-state index contributed by atoms with van der Waals surface area (Å²) >= 11 is 3.39. The van der Waals surface area contributed by atoms with Crippen LogP contribution >= 0.6 is 15.9 Å². The van der Waals surface area contributed by atoms with E-state index in [0.29, 0.717) is 17.6 Å². The molecular weight excluding hydrogens is 230 g/mol. The second kappa shape index (κ2) is 3.31. The van der Waals surface area contributed by atoms with Gasteiger partial charge in [0.2, 0.25) is 0 Å². The van der Waals surface area contributed by atoms with Crippen LogP contribution in [0.3, 0.4) is 0 Å². The molecule has 0 aromatic heterocycles. The molecule has 2 unspecified atom stereocenters. The van der Waals surface area contributed by atoms with Gasteiger partial charge in [-0.25, -0.2) is 0 Å². The Hall–Kier alpha value is -0.540. The normalized spacial score (nSPS) is 26.0. The van der Waals surface area contributed by atoms with E-state index in [1.807, 2.05) is 12.1 Å². The van der Waals surface area contributed by atoms with Crippen molar-refractivity contribution < 1.29 is 5.11 Å². The lowest BCUT2D eigenvalue weighted by atomic mass is 10.1. The second-order valence-corrected chi connectivity index (χ2v) is 4.46. The van der Waals surface area contributed by atoms with Crippen molar-refractivity contribution in [3.63, 3.8) is 0 Å². The molecule has 1 saturated carbocycles. The Bertz CT molecular complexity index is 327. The fourth-order valence-corrected chi connectivity index (χ4v) is 2.09. The van der Waals surface area contributed by atoms with Gasteiger partial charge in [-0.05, 0) is 48.6 Å². The highest BCUT2D eigenvalue weighted by molar-refractivity contribution is 9.10. The molecule has 1 aromatic rings. The van der Waals surface area contributed by atoms with Crippen LogP contribution in [-0.4, -0.2) is 11.7 Å². The van der Waals surface area contributed by atoms with Crippen molar-refractivity contribution in [2.75, 3.05) is 6.54 Å². The highest BCUT2D eigenvalue weighted by Gasteiger charge is 2.38. The molecule has 0 bridgehead atoms. The molecule has 0 aliphatic heterocycles. The highest BCUT2D eigenvalue weighted by atomic mass is 79.9. The zero-order valence-electron chi connectivity index (χ0n) is 7.20. The van der Waals surface area contributed by atoms with Gasteiger partial charge in [0.15, 0.2) is 0 Å². The molecule has 1 fully saturated rings. The van der Waals surface area contributed by atoms with Crippen LogP contribution in [0.1, 0.15) is 17.9 Å². The average molecular weight is 242 g/mol. The van der Waals surface area contributed by atoms with Crippen LogP contribution in [-0.2, 0) is 0 Å². The second-order valence-electron chi connectivity index (χ2n) is 3.54. The van der Waals surface area contributed by atoms with Crippen molar-refractivity contribution in [3.05, 3.63) is 28.2 Å². The van der Waals surface area contributed by atoms with E-state index in [0.717, 1.165) is 23.0 Å². The van der Waals surface area contributed by atoms with Crippen LogP contribution in [0.25, 0.3) is 0 Å². The lowest BCUT2D eigenvalue weighted by Crippen LogP contribution is -2.01. The Morgan fingerprint density at radius 1 is 1.54 bits per heavy atom. The molecule has 2 nitrogen and oxygen atoms in total. The maximum absolute atomic E-state index is 9.60. The first-order chi connectivity index (χ1) is 6.22.